The molecule has 0 aromatic rings. The SMILES string of the molecule is CNC1CCOCC1SCC1CCCC1. The largest absolute Gasteiger partial charge is 0.380 e. The predicted octanol–water partition coefficient (Wildman–Crippen LogP) is 2.29. The lowest BCUT2D eigenvalue weighted by molar-refractivity contribution is 0.0850. The van der Waals surface area contributed by atoms with Crippen LogP contribution in [-0.4, -0.2) is 37.3 Å². The van der Waals surface area contributed by atoms with E-state index < -0.39 is 0 Å². The Labute approximate surface area is 97.5 Å². The van der Waals surface area contributed by atoms with Gasteiger partial charge in [-0.1, -0.05) is 12.8 Å². The van der Waals surface area contributed by atoms with Crippen LogP contribution >= 0.6 is 11.8 Å². The highest BCUT2D eigenvalue weighted by atomic mass is 32.2. The minimum absolute atomic E-state index is 0.671. The zero-order valence-corrected chi connectivity index (χ0v) is 10.5. The van der Waals surface area contributed by atoms with Gasteiger partial charge in [0.1, 0.15) is 0 Å². The standard InChI is InChI=1S/C12H23NOS/c1-13-11-6-7-14-8-12(11)15-9-10-4-2-3-5-10/h10-13H,2-9H2,1H3. The van der Waals surface area contributed by atoms with Crippen molar-refractivity contribution in [2.75, 3.05) is 26.0 Å². The fraction of sp³-hybridized carbons (Fsp3) is 1.00. The molecule has 0 bridgehead atoms. The molecule has 88 valence electrons. The average molecular weight is 229 g/mol. The van der Waals surface area contributed by atoms with Crippen molar-refractivity contribution in [3.8, 4) is 0 Å². The van der Waals surface area contributed by atoms with Crippen LogP contribution in [0.4, 0.5) is 0 Å². The summed E-state index contributed by atoms with van der Waals surface area (Å²) in [6, 6.07) is 0.671. The number of ether oxygens (including phenoxy) is 1. The molecule has 0 spiro atoms. The van der Waals surface area contributed by atoms with E-state index in [1.165, 1.54) is 37.9 Å². The highest BCUT2D eigenvalue weighted by molar-refractivity contribution is 8.00. The van der Waals surface area contributed by atoms with E-state index >= 15 is 0 Å². The van der Waals surface area contributed by atoms with E-state index in [1.54, 1.807) is 0 Å². The lowest BCUT2D eigenvalue weighted by Crippen LogP contribution is -2.43. The molecule has 1 aliphatic heterocycles. The maximum absolute atomic E-state index is 5.57. The summed E-state index contributed by atoms with van der Waals surface area (Å²) in [5, 5.41) is 4.11. The summed E-state index contributed by atoms with van der Waals surface area (Å²) in [6.07, 6.45) is 7.03. The molecule has 15 heavy (non-hydrogen) atoms. The smallest absolute Gasteiger partial charge is 0.0600 e. The number of rotatable bonds is 4. The fourth-order valence-corrected chi connectivity index (χ4v) is 4.19. The quantitative estimate of drug-likeness (QED) is 0.799. The Balaban J connectivity index is 1.71. The van der Waals surface area contributed by atoms with Crippen LogP contribution < -0.4 is 5.32 Å². The molecule has 2 atom stereocenters. The van der Waals surface area contributed by atoms with Gasteiger partial charge in [0.05, 0.1) is 6.61 Å². The van der Waals surface area contributed by atoms with Gasteiger partial charge >= 0.3 is 0 Å². The monoisotopic (exact) mass is 229 g/mol. The number of nitrogens with one attached hydrogen (secondary N) is 1. The van der Waals surface area contributed by atoms with E-state index in [0.29, 0.717) is 11.3 Å². The molecular formula is C12H23NOS. The maximum Gasteiger partial charge on any atom is 0.0600 e. The van der Waals surface area contributed by atoms with Crippen LogP contribution in [0.3, 0.4) is 0 Å². The molecule has 3 heteroatoms. The molecule has 0 aromatic carbocycles. The molecule has 2 aliphatic rings. The highest BCUT2D eigenvalue weighted by Gasteiger charge is 2.26. The molecular weight excluding hydrogens is 206 g/mol. The van der Waals surface area contributed by atoms with Gasteiger partial charge in [-0.2, -0.15) is 11.8 Å². The third-order valence-electron chi connectivity index (χ3n) is 3.70. The van der Waals surface area contributed by atoms with Gasteiger partial charge in [0.2, 0.25) is 0 Å². The van der Waals surface area contributed by atoms with Crippen LogP contribution in [0.1, 0.15) is 32.1 Å². The molecule has 2 nitrogen and oxygen atoms in total. The maximum atomic E-state index is 5.57. The van der Waals surface area contributed by atoms with E-state index in [0.717, 1.165) is 19.1 Å². The van der Waals surface area contributed by atoms with Crippen LogP contribution in [0.2, 0.25) is 0 Å². The summed E-state index contributed by atoms with van der Waals surface area (Å²) in [7, 11) is 2.08. The van der Waals surface area contributed by atoms with Crippen molar-refractivity contribution < 1.29 is 4.74 Å². The molecule has 0 aromatic heterocycles. The summed E-state index contributed by atoms with van der Waals surface area (Å²) in [4.78, 5) is 0. The minimum atomic E-state index is 0.671. The van der Waals surface area contributed by atoms with E-state index in [2.05, 4.69) is 24.1 Å². The van der Waals surface area contributed by atoms with Gasteiger partial charge < -0.3 is 10.1 Å². The average Bonchev–Trinajstić information content (AvgIpc) is 2.79. The molecule has 2 fully saturated rings. The molecule has 2 unspecified atom stereocenters. The van der Waals surface area contributed by atoms with Gasteiger partial charge in [0.25, 0.3) is 0 Å². The first-order chi connectivity index (χ1) is 7.40. The lowest BCUT2D eigenvalue weighted by Gasteiger charge is -2.31. The minimum Gasteiger partial charge on any atom is -0.380 e. The van der Waals surface area contributed by atoms with Gasteiger partial charge in [0.15, 0.2) is 0 Å². The molecule has 1 N–H and O–H groups in total. The highest BCUT2D eigenvalue weighted by Crippen LogP contribution is 2.31. The van der Waals surface area contributed by atoms with Crippen molar-refractivity contribution in [3.63, 3.8) is 0 Å². The number of thioether (sulfide) groups is 1. The van der Waals surface area contributed by atoms with Gasteiger partial charge in [-0.05, 0) is 38.0 Å². The van der Waals surface area contributed by atoms with Crippen LogP contribution in [-0.2, 0) is 4.74 Å². The third kappa shape index (κ3) is 3.36. The van der Waals surface area contributed by atoms with Crippen molar-refractivity contribution in [1.82, 2.24) is 5.32 Å². The van der Waals surface area contributed by atoms with Crippen LogP contribution in [0.5, 0.6) is 0 Å². The fourth-order valence-electron chi connectivity index (χ4n) is 2.64. The topological polar surface area (TPSA) is 21.3 Å². The van der Waals surface area contributed by atoms with E-state index in [9.17, 15) is 0 Å². The second kappa shape index (κ2) is 6.12. The molecule has 0 amide bonds. The zero-order valence-electron chi connectivity index (χ0n) is 9.71. The Morgan fingerprint density at radius 3 is 2.80 bits per heavy atom. The summed E-state index contributed by atoms with van der Waals surface area (Å²) >= 11 is 2.14. The van der Waals surface area contributed by atoms with Crippen LogP contribution in [0, 0.1) is 5.92 Å². The lowest BCUT2D eigenvalue weighted by atomic mass is 10.1. The van der Waals surface area contributed by atoms with Crippen molar-refractivity contribution in [2.45, 2.75) is 43.4 Å². The van der Waals surface area contributed by atoms with Crippen molar-refractivity contribution >= 4 is 11.8 Å². The predicted molar refractivity (Wildman–Crippen MR) is 66.5 cm³/mol. The second-order valence-corrected chi connectivity index (χ2v) is 6.05. The second-order valence-electron chi connectivity index (χ2n) is 4.78. The first kappa shape index (κ1) is 11.7. The Morgan fingerprint density at radius 2 is 2.07 bits per heavy atom. The summed E-state index contributed by atoms with van der Waals surface area (Å²) in [5.41, 5.74) is 0. The Bertz CT molecular complexity index is 182. The van der Waals surface area contributed by atoms with Crippen molar-refractivity contribution in [1.29, 1.82) is 0 Å². The molecule has 1 saturated heterocycles. The van der Waals surface area contributed by atoms with Crippen LogP contribution in [0.25, 0.3) is 0 Å². The summed E-state index contributed by atoms with van der Waals surface area (Å²) in [6.45, 7) is 1.88. The van der Waals surface area contributed by atoms with E-state index in [-0.39, 0.29) is 0 Å². The zero-order chi connectivity index (χ0) is 10.5. The van der Waals surface area contributed by atoms with Gasteiger partial charge in [-0.3, -0.25) is 0 Å². The van der Waals surface area contributed by atoms with Crippen molar-refractivity contribution in [2.24, 2.45) is 5.92 Å². The normalized spacial score (nSPS) is 33.4. The summed E-state index contributed by atoms with van der Waals surface area (Å²) < 4.78 is 5.57. The molecule has 0 radical (unpaired) electrons. The third-order valence-corrected chi connectivity index (χ3v) is 5.25. The van der Waals surface area contributed by atoms with E-state index in [4.69, 9.17) is 4.74 Å². The first-order valence-corrected chi connectivity index (χ1v) is 7.31. The first-order valence-electron chi connectivity index (χ1n) is 6.26. The van der Waals surface area contributed by atoms with Crippen LogP contribution in [0.15, 0.2) is 0 Å². The number of hydrogen-bond acceptors (Lipinski definition) is 3. The van der Waals surface area contributed by atoms with E-state index in [1.807, 2.05) is 0 Å². The van der Waals surface area contributed by atoms with Gasteiger partial charge in [0, 0.05) is 17.9 Å². The molecule has 2 rings (SSSR count). The summed E-state index contributed by atoms with van der Waals surface area (Å²) in [5.74, 6) is 2.35. The van der Waals surface area contributed by atoms with Crippen molar-refractivity contribution in [3.05, 3.63) is 0 Å². The Morgan fingerprint density at radius 1 is 1.27 bits per heavy atom. The van der Waals surface area contributed by atoms with Gasteiger partial charge in [-0.25, -0.2) is 0 Å². The molecule has 1 aliphatic carbocycles. The number of hydrogen-bond donors (Lipinski definition) is 1. The molecule has 1 heterocycles. The Hall–Kier alpha value is 0.270. The Kier molecular flexibility index (Phi) is 4.79. The van der Waals surface area contributed by atoms with Gasteiger partial charge in [-0.15, -0.1) is 0 Å². The molecule has 1 saturated carbocycles.